The summed E-state index contributed by atoms with van der Waals surface area (Å²) in [5.41, 5.74) is 5.27. The van der Waals surface area contributed by atoms with E-state index in [1.165, 1.54) is 18.2 Å². The van der Waals surface area contributed by atoms with Crippen LogP contribution in [0, 0.1) is 5.82 Å². The summed E-state index contributed by atoms with van der Waals surface area (Å²) in [7, 11) is 0. The Morgan fingerprint density at radius 1 is 1.50 bits per heavy atom. The molecule has 6 heteroatoms. The van der Waals surface area contributed by atoms with E-state index in [2.05, 4.69) is 6.58 Å². The van der Waals surface area contributed by atoms with Gasteiger partial charge in [-0.25, -0.2) is 4.39 Å². The van der Waals surface area contributed by atoms with Crippen molar-refractivity contribution in [3.8, 4) is 0 Å². The third kappa shape index (κ3) is 3.31. The number of rotatable bonds is 5. The number of carboxylic acids is 1. The summed E-state index contributed by atoms with van der Waals surface area (Å²) in [6.07, 6.45) is 1.40. The Labute approximate surface area is 103 Å². The number of nitrogens with zero attached hydrogens (tertiary/aromatic N) is 1. The summed E-state index contributed by atoms with van der Waals surface area (Å²) in [6.45, 7) is 3.03. The molecule has 0 bridgehead atoms. The van der Waals surface area contributed by atoms with Gasteiger partial charge < -0.3 is 15.7 Å². The van der Waals surface area contributed by atoms with Crippen molar-refractivity contribution in [3.05, 3.63) is 42.2 Å². The molecule has 0 aliphatic carbocycles. The molecule has 0 aromatic heterocycles. The van der Waals surface area contributed by atoms with E-state index in [9.17, 15) is 14.0 Å². The monoisotopic (exact) mass is 252 g/mol. The van der Waals surface area contributed by atoms with Crippen LogP contribution in [0.2, 0.25) is 0 Å². The first-order valence-corrected chi connectivity index (χ1v) is 5.12. The maximum atomic E-state index is 13.2. The highest BCUT2D eigenvalue weighted by molar-refractivity contribution is 5.96. The number of amides is 1. The molecule has 0 unspecified atom stereocenters. The zero-order valence-electron chi connectivity index (χ0n) is 9.60. The minimum atomic E-state index is -1.15. The van der Waals surface area contributed by atoms with Gasteiger partial charge in [0.2, 0.25) is 0 Å². The van der Waals surface area contributed by atoms with Crippen molar-refractivity contribution in [2.75, 3.05) is 18.8 Å². The number of aliphatic carboxylic acids is 1. The van der Waals surface area contributed by atoms with E-state index in [1.807, 2.05) is 0 Å². The molecular weight excluding hydrogens is 239 g/mol. The maximum absolute atomic E-state index is 13.2. The average molecular weight is 252 g/mol. The molecule has 3 N–H and O–H groups in total. The molecule has 0 aliphatic heterocycles. The second kappa shape index (κ2) is 5.81. The highest BCUT2D eigenvalue weighted by Crippen LogP contribution is 2.13. The van der Waals surface area contributed by atoms with Gasteiger partial charge in [-0.3, -0.25) is 9.59 Å². The molecule has 0 saturated heterocycles. The molecule has 0 atom stereocenters. The molecule has 0 radical (unpaired) electrons. The Hall–Kier alpha value is -2.37. The summed E-state index contributed by atoms with van der Waals surface area (Å²) < 4.78 is 13.2. The fourth-order valence-corrected chi connectivity index (χ4v) is 1.38. The number of carboxylic acid groups (broad SMARTS) is 1. The SMILES string of the molecule is C=CCN(CC(=O)O)C(=O)c1ccc(N)c(F)c1. The van der Waals surface area contributed by atoms with Crippen molar-refractivity contribution in [2.45, 2.75) is 0 Å². The number of hydrogen-bond acceptors (Lipinski definition) is 3. The van der Waals surface area contributed by atoms with Crippen LogP contribution in [0.4, 0.5) is 10.1 Å². The number of hydrogen-bond donors (Lipinski definition) is 2. The van der Waals surface area contributed by atoms with Crippen LogP contribution in [0.3, 0.4) is 0 Å². The molecule has 5 nitrogen and oxygen atoms in total. The van der Waals surface area contributed by atoms with E-state index in [-0.39, 0.29) is 17.8 Å². The number of carbonyl (C=O) groups is 2. The van der Waals surface area contributed by atoms with Crippen molar-refractivity contribution >= 4 is 17.6 Å². The van der Waals surface area contributed by atoms with E-state index in [0.29, 0.717) is 0 Å². The Bertz CT molecular complexity index is 488. The molecule has 96 valence electrons. The Balaban J connectivity index is 2.97. The van der Waals surface area contributed by atoms with Crippen molar-refractivity contribution < 1.29 is 19.1 Å². The summed E-state index contributed by atoms with van der Waals surface area (Å²) in [5.74, 6) is -2.45. The second-order valence-electron chi connectivity index (χ2n) is 3.60. The topological polar surface area (TPSA) is 83.6 Å². The number of carbonyl (C=O) groups excluding carboxylic acids is 1. The molecule has 0 saturated carbocycles. The molecular formula is C12H13FN2O3. The van der Waals surface area contributed by atoms with E-state index in [4.69, 9.17) is 10.8 Å². The lowest BCUT2D eigenvalue weighted by Gasteiger charge is -2.18. The van der Waals surface area contributed by atoms with E-state index in [1.54, 1.807) is 0 Å². The third-order valence-electron chi connectivity index (χ3n) is 2.21. The highest BCUT2D eigenvalue weighted by atomic mass is 19.1. The number of benzene rings is 1. The first-order chi connectivity index (χ1) is 8.45. The number of nitrogen functional groups attached to an aromatic ring is 1. The molecule has 0 fully saturated rings. The lowest BCUT2D eigenvalue weighted by Crippen LogP contribution is -2.35. The molecule has 1 rings (SSSR count). The third-order valence-corrected chi connectivity index (χ3v) is 2.21. The molecule has 1 amide bonds. The normalized spacial score (nSPS) is 9.83. The smallest absolute Gasteiger partial charge is 0.323 e. The van der Waals surface area contributed by atoms with Crippen molar-refractivity contribution in [1.82, 2.24) is 4.90 Å². The number of nitrogens with two attached hydrogens (primary N) is 1. The first kappa shape index (κ1) is 13.7. The van der Waals surface area contributed by atoms with Crippen molar-refractivity contribution in [2.24, 2.45) is 0 Å². The van der Waals surface area contributed by atoms with Crippen LogP contribution in [0.25, 0.3) is 0 Å². The fourth-order valence-electron chi connectivity index (χ4n) is 1.38. The Morgan fingerprint density at radius 2 is 2.17 bits per heavy atom. The van der Waals surface area contributed by atoms with Crippen LogP contribution in [-0.4, -0.2) is 35.0 Å². The van der Waals surface area contributed by atoms with Gasteiger partial charge in [0.1, 0.15) is 12.4 Å². The summed E-state index contributed by atoms with van der Waals surface area (Å²) in [6, 6.07) is 3.59. The molecule has 0 spiro atoms. The van der Waals surface area contributed by atoms with Gasteiger partial charge in [-0.2, -0.15) is 0 Å². The van der Waals surface area contributed by atoms with E-state index >= 15 is 0 Å². The number of halogens is 1. The van der Waals surface area contributed by atoms with E-state index in [0.717, 1.165) is 11.0 Å². The van der Waals surface area contributed by atoms with Crippen LogP contribution < -0.4 is 5.73 Å². The second-order valence-corrected chi connectivity index (χ2v) is 3.60. The molecule has 18 heavy (non-hydrogen) atoms. The Morgan fingerprint density at radius 3 is 2.67 bits per heavy atom. The standard InChI is InChI=1S/C12H13FN2O3/c1-2-5-15(7-11(16)17)12(18)8-3-4-10(14)9(13)6-8/h2-4,6H,1,5,7,14H2,(H,16,17). The zero-order valence-corrected chi connectivity index (χ0v) is 9.60. The van der Waals surface area contributed by atoms with Crippen LogP contribution in [0.15, 0.2) is 30.9 Å². The average Bonchev–Trinajstić information content (AvgIpc) is 2.31. The summed E-state index contributed by atoms with van der Waals surface area (Å²) >= 11 is 0. The molecule has 1 aromatic carbocycles. The summed E-state index contributed by atoms with van der Waals surface area (Å²) in [4.78, 5) is 23.6. The molecule has 1 aromatic rings. The fraction of sp³-hybridized carbons (Fsp3) is 0.167. The largest absolute Gasteiger partial charge is 0.480 e. The number of anilines is 1. The van der Waals surface area contributed by atoms with Gasteiger partial charge in [0.05, 0.1) is 5.69 Å². The zero-order chi connectivity index (χ0) is 13.7. The molecule has 0 aliphatic rings. The first-order valence-electron chi connectivity index (χ1n) is 5.12. The van der Waals surface area contributed by atoms with Crippen LogP contribution in [-0.2, 0) is 4.79 Å². The van der Waals surface area contributed by atoms with Crippen molar-refractivity contribution in [3.63, 3.8) is 0 Å². The van der Waals surface area contributed by atoms with E-state index < -0.39 is 24.2 Å². The molecule has 0 heterocycles. The quantitative estimate of drug-likeness (QED) is 0.607. The lowest BCUT2D eigenvalue weighted by molar-refractivity contribution is -0.137. The predicted octanol–water partition coefficient (Wildman–Crippen LogP) is 1.12. The van der Waals surface area contributed by atoms with Crippen LogP contribution in [0.1, 0.15) is 10.4 Å². The van der Waals surface area contributed by atoms with Gasteiger partial charge in [0.25, 0.3) is 5.91 Å². The summed E-state index contributed by atoms with van der Waals surface area (Å²) in [5, 5.41) is 8.68. The van der Waals surface area contributed by atoms with Gasteiger partial charge in [0, 0.05) is 12.1 Å². The van der Waals surface area contributed by atoms with Gasteiger partial charge in [-0.1, -0.05) is 6.08 Å². The minimum Gasteiger partial charge on any atom is -0.480 e. The maximum Gasteiger partial charge on any atom is 0.323 e. The van der Waals surface area contributed by atoms with Crippen molar-refractivity contribution in [1.29, 1.82) is 0 Å². The lowest BCUT2D eigenvalue weighted by atomic mass is 10.1. The predicted molar refractivity (Wildman–Crippen MR) is 64.5 cm³/mol. The van der Waals surface area contributed by atoms with Gasteiger partial charge in [0.15, 0.2) is 0 Å². The van der Waals surface area contributed by atoms with Crippen LogP contribution in [0.5, 0.6) is 0 Å². The highest BCUT2D eigenvalue weighted by Gasteiger charge is 2.18. The Kier molecular flexibility index (Phi) is 4.42. The van der Waals surface area contributed by atoms with Gasteiger partial charge in [-0.05, 0) is 18.2 Å². The van der Waals surface area contributed by atoms with Gasteiger partial charge >= 0.3 is 5.97 Å². The van der Waals surface area contributed by atoms with Gasteiger partial charge in [-0.15, -0.1) is 6.58 Å². The van der Waals surface area contributed by atoms with Crippen LogP contribution >= 0.6 is 0 Å². The minimum absolute atomic E-state index is 0.0461.